The van der Waals surface area contributed by atoms with Gasteiger partial charge < -0.3 is 9.52 Å². The smallest absolute Gasteiger partial charge is 0.270 e. The predicted molar refractivity (Wildman–Crippen MR) is 93.0 cm³/mol. The molecule has 0 aliphatic carbocycles. The van der Waals surface area contributed by atoms with Gasteiger partial charge in [-0.3, -0.25) is 14.9 Å². The first-order chi connectivity index (χ1) is 12.0. The Kier molecular flexibility index (Phi) is 4.52. The molecule has 25 heavy (non-hydrogen) atoms. The third-order valence-electron chi connectivity index (χ3n) is 4.07. The van der Waals surface area contributed by atoms with Crippen LogP contribution in [0.5, 0.6) is 5.75 Å². The second kappa shape index (κ2) is 6.76. The van der Waals surface area contributed by atoms with Crippen molar-refractivity contribution in [2.75, 3.05) is 0 Å². The van der Waals surface area contributed by atoms with Crippen molar-refractivity contribution in [3.63, 3.8) is 0 Å². The number of hydrogen-bond donors (Lipinski definition) is 1. The number of fused-ring (bicyclic) bond motifs is 1. The molecule has 0 radical (unpaired) electrons. The molecule has 0 aliphatic rings. The molecular formula is C19H17NO5. The largest absolute Gasteiger partial charge is 0.508 e. The first-order valence-corrected chi connectivity index (χ1v) is 8.04. The minimum Gasteiger partial charge on any atom is -0.508 e. The number of carbonyl (C=O) groups excluding carboxylic acids is 1. The second-order valence-electron chi connectivity index (χ2n) is 5.82. The van der Waals surface area contributed by atoms with Crippen molar-refractivity contribution in [3.05, 3.63) is 69.5 Å². The summed E-state index contributed by atoms with van der Waals surface area (Å²) in [4.78, 5) is 23.6. The second-order valence-corrected chi connectivity index (χ2v) is 5.82. The molecule has 0 saturated carbocycles. The molecule has 0 amide bonds. The number of furan rings is 1. The van der Waals surface area contributed by atoms with E-state index in [1.807, 2.05) is 6.92 Å². The average molecular weight is 339 g/mol. The van der Waals surface area contributed by atoms with E-state index in [-0.39, 0.29) is 17.2 Å². The number of aryl methyl sites for hydroxylation is 1. The molecule has 0 unspecified atom stereocenters. The van der Waals surface area contributed by atoms with E-state index in [2.05, 4.69) is 0 Å². The molecule has 0 fully saturated rings. The normalized spacial score (nSPS) is 10.9. The van der Waals surface area contributed by atoms with Crippen LogP contribution in [0.15, 0.2) is 46.9 Å². The van der Waals surface area contributed by atoms with E-state index in [9.17, 15) is 20.0 Å². The Hall–Kier alpha value is -3.15. The molecule has 1 heterocycles. The Labute approximate surface area is 143 Å². The van der Waals surface area contributed by atoms with E-state index in [1.54, 1.807) is 0 Å². The van der Waals surface area contributed by atoms with Crippen molar-refractivity contribution in [3.8, 4) is 5.75 Å². The number of aromatic hydroxyl groups is 1. The number of hydrogen-bond acceptors (Lipinski definition) is 5. The van der Waals surface area contributed by atoms with Crippen LogP contribution in [-0.2, 0) is 6.42 Å². The quantitative estimate of drug-likeness (QED) is 0.402. The molecule has 128 valence electrons. The number of nitro groups is 1. The predicted octanol–water partition coefficient (Wildman–Crippen LogP) is 4.62. The molecule has 3 rings (SSSR count). The summed E-state index contributed by atoms with van der Waals surface area (Å²) in [6.45, 7) is 2.04. The first kappa shape index (κ1) is 16.7. The summed E-state index contributed by atoms with van der Waals surface area (Å²) in [6, 6.07) is 10.2. The van der Waals surface area contributed by atoms with Crippen LogP contribution in [-0.4, -0.2) is 15.8 Å². The van der Waals surface area contributed by atoms with E-state index in [1.165, 1.54) is 42.5 Å². The van der Waals surface area contributed by atoms with Gasteiger partial charge in [0.1, 0.15) is 17.1 Å². The van der Waals surface area contributed by atoms with Crippen LogP contribution >= 0.6 is 0 Å². The zero-order valence-corrected chi connectivity index (χ0v) is 13.7. The van der Waals surface area contributed by atoms with Crippen LogP contribution in [0.4, 0.5) is 5.69 Å². The number of unbranched alkanes of at least 4 members (excludes halogenated alkanes) is 1. The number of ketones is 1. The van der Waals surface area contributed by atoms with Gasteiger partial charge >= 0.3 is 0 Å². The number of non-ortho nitro benzene ring substituents is 1. The van der Waals surface area contributed by atoms with Gasteiger partial charge in [0.05, 0.1) is 10.5 Å². The van der Waals surface area contributed by atoms with Crippen molar-refractivity contribution in [2.45, 2.75) is 26.2 Å². The van der Waals surface area contributed by atoms with Gasteiger partial charge in [0, 0.05) is 29.5 Å². The lowest BCUT2D eigenvalue weighted by molar-refractivity contribution is -0.384. The molecule has 1 aromatic heterocycles. The summed E-state index contributed by atoms with van der Waals surface area (Å²) >= 11 is 0. The fourth-order valence-electron chi connectivity index (χ4n) is 2.77. The maximum absolute atomic E-state index is 13.0. The van der Waals surface area contributed by atoms with E-state index in [4.69, 9.17) is 4.42 Å². The van der Waals surface area contributed by atoms with Gasteiger partial charge in [-0.1, -0.05) is 13.3 Å². The zero-order chi connectivity index (χ0) is 18.0. The maximum atomic E-state index is 13.0. The summed E-state index contributed by atoms with van der Waals surface area (Å²) in [5, 5.41) is 20.9. The number of benzene rings is 2. The lowest BCUT2D eigenvalue weighted by atomic mass is 9.98. The Morgan fingerprint density at radius 3 is 2.56 bits per heavy atom. The van der Waals surface area contributed by atoms with Crippen LogP contribution in [0.2, 0.25) is 0 Å². The topological polar surface area (TPSA) is 93.6 Å². The summed E-state index contributed by atoms with van der Waals surface area (Å²) in [5.41, 5.74) is 1.12. The number of carbonyl (C=O) groups is 1. The molecule has 2 aromatic carbocycles. The van der Waals surface area contributed by atoms with Gasteiger partial charge in [-0.15, -0.1) is 0 Å². The number of rotatable bonds is 6. The standard InChI is InChI=1S/C19H17NO5/c1-2-3-4-17-18(19(22)12-5-8-14(21)9-6-12)15-11-13(20(23)24)7-10-16(15)25-17/h5-11,21H,2-4H2,1H3. The van der Waals surface area contributed by atoms with E-state index in [0.717, 1.165) is 12.8 Å². The third-order valence-corrected chi connectivity index (χ3v) is 4.07. The average Bonchev–Trinajstić information content (AvgIpc) is 2.97. The molecule has 6 nitrogen and oxygen atoms in total. The fraction of sp³-hybridized carbons (Fsp3) is 0.211. The molecule has 0 bridgehead atoms. The highest BCUT2D eigenvalue weighted by Crippen LogP contribution is 2.32. The Bertz CT molecular complexity index is 940. The van der Waals surface area contributed by atoms with Crippen molar-refractivity contribution >= 4 is 22.4 Å². The fourth-order valence-corrected chi connectivity index (χ4v) is 2.77. The Morgan fingerprint density at radius 1 is 1.20 bits per heavy atom. The monoisotopic (exact) mass is 339 g/mol. The Balaban J connectivity index is 2.17. The number of nitrogens with zero attached hydrogens (tertiary/aromatic N) is 1. The molecule has 0 saturated heterocycles. The van der Waals surface area contributed by atoms with Gasteiger partial charge in [0.15, 0.2) is 5.78 Å². The van der Waals surface area contributed by atoms with E-state index in [0.29, 0.717) is 34.3 Å². The number of phenolic OH excluding ortho intramolecular Hbond substituents is 1. The number of nitro benzene ring substituents is 1. The van der Waals surface area contributed by atoms with Crippen molar-refractivity contribution in [1.82, 2.24) is 0 Å². The molecular weight excluding hydrogens is 322 g/mol. The summed E-state index contributed by atoms with van der Waals surface area (Å²) in [5.74, 6) is 0.330. The highest BCUT2D eigenvalue weighted by Gasteiger charge is 2.23. The Morgan fingerprint density at radius 2 is 1.92 bits per heavy atom. The van der Waals surface area contributed by atoms with Gasteiger partial charge in [-0.25, -0.2) is 0 Å². The third kappa shape index (κ3) is 3.24. The summed E-state index contributed by atoms with van der Waals surface area (Å²) < 4.78 is 5.81. The van der Waals surface area contributed by atoms with Gasteiger partial charge in [0.25, 0.3) is 5.69 Å². The van der Waals surface area contributed by atoms with Gasteiger partial charge in [0.2, 0.25) is 0 Å². The minimum atomic E-state index is -0.493. The van der Waals surface area contributed by atoms with E-state index >= 15 is 0 Å². The van der Waals surface area contributed by atoms with Crippen molar-refractivity contribution in [2.24, 2.45) is 0 Å². The number of phenols is 1. The SMILES string of the molecule is CCCCc1oc2ccc([N+](=O)[O-])cc2c1C(=O)c1ccc(O)cc1. The van der Waals surface area contributed by atoms with Crippen LogP contribution in [0.3, 0.4) is 0 Å². The van der Waals surface area contributed by atoms with Crippen molar-refractivity contribution < 1.29 is 19.2 Å². The maximum Gasteiger partial charge on any atom is 0.270 e. The van der Waals surface area contributed by atoms with E-state index < -0.39 is 4.92 Å². The van der Waals surface area contributed by atoms with Crippen molar-refractivity contribution in [1.29, 1.82) is 0 Å². The minimum absolute atomic E-state index is 0.0652. The first-order valence-electron chi connectivity index (χ1n) is 8.04. The van der Waals surface area contributed by atoms with Gasteiger partial charge in [-0.2, -0.15) is 0 Å². The molecule has 0 spiro atoms. The molecule has 6 heteroatoms. The summed E-state index contributed by atoms with van der Waals surface area (Å²) in [7, 11) is 0. The van der Waals surface area contributed by atoms with Crippen LogP contribution in [0.25, 0.3) is 11.0 Å². The van der Waals surface area contributed by atoms with Gasteiger partial charge in [-0.05, 0) is 36.8 Å². The molecule has 0 aliphatic heterocycles. The summed E-state index contributed by atoms with van der Waals surface area (Å²) in [6.07, 6.45) is 2.36. The van der Waals surface area contributed by atoms with Crippen LogP contribution in [0.1, 0.15) is 41.4 Å². The highest BCUT2D eigenvalue weighted by molar-refractivity contribution is 6.17. The lowest BCUT2D eigenvalue weighted by Gasteiger charge is -2.03. The van der Waals surface area contributed by atoms with Crippen LogP contribution < -0.4 is 0 Å². The lowest BCUT2D eigenvalue weighted by Crippen LogP contribution is -2.04. The van der Waals surface area contributed by atoms with Crippen LogP contribution in [0, 0.1) is 10.1 Å². The molecule has 1 N–H and O–H groups in total. The highest BCUT2D eigenvalue weighted by atomic mass is 16.6. The molecule has 3 aromatic rings. The molecule has 0 atom stereocenters. The zero-order valence-electron chi connectivity index (χ0n) is 13.7.